The van der Waals surface area contributed by atoms with Crippen molar-refractivity contribution in [3.8, 4) is 11.3 Å². The van der Waals surface area contributed by atoms with E-state index in [4.69, 9.17) is 11.1 Å². The first kappa shape index (κ1) is 27.9. The normalized spacial score (nSPS) is 17.5. The van der Waals surface area contributed by atoms with Crippen LogP contribution in [0.1, 0.15) is 44.6 Å². The number of allylic oxidation sites excluding steroid dienone is 1. The molecule has 12 heteroatoms. The van der Waals surface area contributed by atoms with Gasteiger partial charge in [0.05, 0.1) is 22.3 Å². The molecule has 212 valence electrons. The Bertz CT molecular complexity index is 1450. The lowest BCUT2D eigenvalue weighted by molar-refractivity contribution is -0.139. The first-order valence-corrected chi connectivity index (χ1v) is 14.9. The van der Waals surface area contributed by atoms with Crippen LogP contribution in [0.25, 0.3) is 27.7 Å². The molecular weight excluding hydrogens is 531 g/mol. The molecule has 1 aliphatic carbocycles. The number of hydrogen-bond donors (Lipinski definition) is 4. The van der Waals surface area contributed by atoms with Crippen molar-refractivity contribution < 1.29 is 13.7 Å². The Balaban J connectivity index is 1.38. The summed E-state index contributed by atoms with van der Waals surface area (Å²) in [7, 11) is 1.77. The summed E-state index contributed by atoms with van der Waals surface area (Å²) in [6.45, 7) is 3.22. The smallest absolute Gasteiger partial charge is 0.225 e. The minimum Gasteiger partial charge on any atom is -0.593 e. The Morgan fingerprint density at radius 2 is 2.05 bits per heavy atom. The number of benzene rings is 1. The van der Waals surface area contributed by atoms with Crippen LogP contribution in [0.15, 0.2) is 30.6 Å². The number of carbonyl (C=O) groups excluding carboxylic acids is 1. The molecule has 2 aliphatic rings. The first-order chi connectivity index (χ1) is 19.3. The lowest BCUT2D eigenvalue weighted by Crippen LogP contribution is -2.47. The molecule has 5 N–H and O–H groups in total. The van der Waals surface area contributed by atoms with Crippen molar-refractivity contribution in [2.75, 3.05) is 29.3 Å². The van der Waals surface area contributed by atoms with Crippen LogP contribution in [0, 0.1) is 17.1 Å². The largest absolute Gasteiger partial charge is 0.593 e. The predicted octanol–water partition coefficient (Wildman–Crippen LogP) is 3.82. The van der Waals surface area contributed by atoms with E-state index in [2.05, 4.69) is 20.1 Å². The molecule has 5 rings (SSSR count). The van der Waals surface area contributed by atoms with Gasteiger partial charge in [0.1, 0.15) is 23.0 Å². The maximum Gasteiger partial charge on any atom is 0.225 e. The van der Waals surface area contributed by atoms with Gasteiger partial charge in [0.15, 0.2) is 5.82 Å². The zero-order valence-corrected chi connectivity index (χ0v) is 23.6. The fraction of sp³-hybridized carbons (Fsp3) is 0.429. The first-order valence-electron chi connectivity index (χ1n) is 13.6. The van der Waals surface area contributed by atoms with Gasteiger partial charge in [-0.05, 0) is 44.7 Å². The summed E-state index contributed by atoms with van der Waals surface area (Å²) >= 11 is -1.37. The van der Waals surface area contributed by atoms with E-state index in [1.54, 1.807) is 30.9 Å². The van der Waals surface area contributed by atoms with Gasteiger partial charge in [-0.15, -0.1) is 0 Å². The van der Waals surface area contributed by atoms with Crippen LogP contribution < -0.4 is 15.8 Å². The van der Waals surface area contributed by atoms with Crippen LogP contribution in [0.4, 0.5) is 15.9 Å². The van der Waals surface area contributed by atoms with Gasteiger partial charge < -0.3 is 25.9 Å². The number of aromatic nitrogens is 3. The van der Waals surface area contributed by atoms with E-state index in [1.165, 1.54) is 18.3 Å². The lowest BCUT2D eigenvalue weighted by Gasteiger charge is -2.36. The Hall–Kier alpha value is -3.64. The van der Waals surface area contributed by atoms with Crippen molar-refractivity contribution >= 4 is 51.5 Å². The number of anilines is 2. The Kier molecular flexibility index (Phi) is 8.27. The van der Waals surface area contributed by atoms with Crippen LogP contribution in [0.5, 0.6) is 0 Å². The second kappa shape index (κ2) is 11.8. The van der Waals surface area contributed by atoms with Crippen molar-refractivity contribution in [3.63, 3.8) is 0 Å². The van der Waals surface area contributed by atoms with Gasteiger partial charge in [-0.3, -0.25) is 9.48 Å². The number of carbonyl (C=O) groups is 1. The second-order valence-corrected chi connectivity index (χ2v) is 11.8. The van der Waals surface area contributed by atoms with Crippen molar-refractivity contribution in [2.24, 2.45) is 13.0 Å². The number of likely N-dealkylation sites (tertiary alicyclic amines) is 1. The van der Waals surface area contributed by atoms with E-state index in [-0.39, 0.29) is 23.5 Å². The number of pyridine rings is 1. The number of fused-ring (bicyclic) bond motifs is 1. The summed E-state index contributed by atoms with van der Waals surface area (Å²) in [6, 6.07) is 4.75. The minimum absolute atomic E-state index is 0.147. The Morgan fingerprint density at radius 3 is 2.67 bits per heavy atom. The van der Waals surface area contributed by atoms with Crippen molar-refractivity contribution in [1.29, 1.82) is 5.41 Å². The molecule has 1 aromatic carbocycles. The average molecular weight is 567 g/mol. The highest BCUT2D eigenvalue weighted by Crippen LogP contribution is 2.36. The molecule has 2 aromatic heterocycles. The van der Waals surface area contributed by atoms with E-state index in [9.17, 15) is 13.7 Å². The topological polar surface area (TPSA) is 148 Å². The van der Waals surface area contributed by atoms with Crippen LogP contribution in [0.2, 0.25) is 0 Å². The fourth-order valence-electron chi connectivity index (χ4n) is 5.27. The van der Waals surface area contributed by atoms with E-state index in [0.717, 1.165) is 45.2 Å². The average Bonchev–Trinajstić information content (AvgIpc) is 3.28. The number of nitrogen functional groups attached to an aromatic ring is 1. The van der Waals surface area contributed by atoms with Crippen LogP contribution in [0.3, 0.4) is 0 Å². The van der Waals surface area contributed by atoms with Gasteiger partial charge in [0, 0.05) is 67.4 Å². The van der Waals surface area contributed by atoms with E-state index < -0.39 is 17.2 Å². The predicted molar refractivity (Wildman–Crippen MR) is 157 cm³/mol. The summed E-state index contributed by atoms with van der Waals surface area (Å²) in [5.74, 6) is 0.566. The third-order valence-electron chi connectivity index (χ3n) is 7.82. The summed E-state index contributed by atoms with van der Waals surface area (Å²) in [5.41, 5.74) is 9.36. The molecule has 0 spiro atoms. The molecule has 0 radical (unpaired) electrons. The number of amides is 1. The highest BCUT2D eigenvalue weighted by Gasteiger charge is 2.31. The number of nitrogens with one attached hydrogen (secondary N) is 3. The van der Waals surface area contributed by atoms with Crippen LogP contribution in [-0.2, 0) is 23.2 Å². The molecule has 3 aromatic rings. The molecule has 1 atom stereocenters. The molecule has 1 saturated carbocycles. The van der Waals surface area contributed by atoms with Gasteiger partial charge in [-0.25, -0.2) is 14.1 Å². The SMILES string of the molecule is CC[S+]([O-])Nc1ccc(-c2nn(C)c3c(/C(C=N)=C/NC4CCN(C(=O)C5CCC5)CC4)cnc(N)c23)cc1F. The van der Waals surface area contributed by atoms with E-state index in [1.807, 2.05) is 11.1 Å². The molecule has 0 bridgehead atoms. The quantitative estimate of drug-likeness (QED) is 0.227. The molecule has 1 amide bonds. The third kappa shape index (κ3) is 5.50. The number of nitrogens with two attached hydrogens (primary N) is 1. The monoisotopic (exact) mass is 566 g/mol. The third-order valence-corrected chi connectivity index (χ3v) is 8.79. The zero-order valence-electron chi connectivity index (χ0n) is 22.7. The Morgan fingerprint density at radius 1 is 1.30 bits per heavy atom. The summed E-state index contributed by atoms with van der Waals surface area (Å²) < 4.78 is 31.0. The van der Waals surface area contributed by atoms with Crippen LogP contribution >= 0.6 is 0 Å². The number of rotatable bonds is 9. The maximum atomic E-state index is 14.9. The molecule has 1 aliphatic heterocycles. The number of nitrogens with zero attached hydrogens (tertiary/aromatic N) is 4. The van der Waals surface area contributed by atoms with E-state index >= 15 is 0 Å². The van der Waals surface area contributed by atoms with Crippen LogP contribution in [-0.4, -0.2) is 61.2 Å². The summed E-state index contributed by atoms with van der Waals surface area (Å²) in [4.78, 5) is 18.9. The van der Waals surface area contributed by atoms with Gasteiger partial charge in [-0.1, -0.05) is 12.5 Å². The molecule has 10 nitrogen and oxygen atoms in total. The highest BCUT2D eigenvalue weighted by molar-refractivity contribution is 7.92. The number of aryl methyl sites for hydroxylation is 1. The van der Waals surface area contributed by atoms with E-state index in [0.29, 0.717) is 45.0 Å². The molecular formula is C28H35FN8O2S. The highest BCUT2D eigenvalue weighted by atomic mass is 32.2. The number of piperidine rings is 1. The molecule has 2 fully saturated rings. The molecule has 1 unspecified atom stereocenters. The minimum atomic E-state index is -1.37. The molecule has 1 saturated heterocycles. The van der Waals surface area contributed by atoms with Crippen molar-refractivity contribution in [3.05, 3.63) is 42.0 Å². The molecule has 40 heavy (non-hydrogen) atoms. The zero-order chi connectivity index (χ0) is 28.4. The van der Waals surface area contributed by atoms with Gasteiger partial charge >= 0.3 is 0 Å². The maximum absolute atomic E-state index is 14.9. The summed E-state index contributed by atoms with van der Waals surface area (Å²) in [5, 5.41) is 16.8. The lowest BCUT2D eigenvalue weighted by atomic mass is 9.84. The fourth-order valence-corrected chi connectivity index (χ4v) is 5.83. The Labute approximate surface area is 236 Å². The second-order valence-electron chi connectivity index (χ2n) is 10.3. The summed E-state index contributed by atoms with van der Waals surface area (Å²) in [6.07, 6.45) is 9.56. The molecule has 3 heterocycles. The standard InChI is InChI=1S/C28H35FN8O2S/c1-3-40(39)35-23-8-7-18(13-22(23)29)25-24-26(36(2)34-25)21(16-33-27(24)31)19(14-30)15-32-20-9-11-37(12-10-20)28(38)17-5-4-6-17/h7-8,13-17,20,30,32,35H,3-6,9-12H2,1-2H3,(H2,31,33)/b19-15+,30-14?. The van der Waals surface area contributed by atoms with Crippen molar-refractivity contribution in [1.82, 2.24) is 25.0 Å². The van der Waals surface area contributed by atoms with Gasteiger partial charge in [0.2, 0.25) is 5.91 Å². The van der Waals surface area contributed by atoms with Crippen molar-refractivity contribution in [2.45, 2.75) is 45.1 Å². The van der Waals surface area contributed by atoms with Gasteiger partial charge in [-0.2, -0.15) is 5.10 Å². The number of hydrogen-bond acceptors (Lipinski definition) is 8. The number of halogens is 1. The van der Waals surface area contributed by atoms with Gasteiger partial charge in [0.25, 0.3) is 0 Å².